The summed E-state index contributed by atoms with van der Waals surface area (Å²) in [5, 5.41) is 15.0. The average Bonchev–Trinajstić information content (AvgIpc) is 3.10. The zero-order valence-electron chi connectivity index (χ0n) is 15.2. The maximum Gasteiger partial charge on any atom is 0.158 e. The van der Waals surface area contributed by atoms with E-state index in [1.807, 2.05) is 10.6 Å². The van der Waals surface area contributed by atoms with Crippen molar-refractivity contribution in [2.24, 2.45) is 0 Å². The van der Waals surface area contributed by atoms with Crippen LogP contribution >= 0.6 is 0 Å². The van der Waals surface area contributed by atoms with Gasteiger partial charge in [0.2, 0.25) is 0 Å². The molecule has 1 saturated heterocycles. The smallest absolute Gasteiger partial charge is 0.158 e. The summed E-state index contributed by atoms with van der Waals surface area (Å²) in [7, 11) is 0. The predicted molar refractivity (Wildman–Crippen MR) is 102 cm³/mol. The molecule has 2 aliphatic rings. The van der Waals surface area contributed by atoms with E-state index < -0.39 is 0 Å². The van der Waals surface area contributed by atoms with Gasteiger partial charge in [-0.3, -0.25) is 0 Å². The number of anilines is 1. The zero-order chi connectivity index (χ0) is 18.4. The van der Waals surface area contributed by atoms with Gasteiger partial charge in [-0.05, 0) is 62.8 Å². The predicted octanol–water partition coefficient (Wildman–Crippen LogP) is 3.38. The number of aliphatic hydroxyl groups is 1. The van der Waals surface area contributed by atoms with Crippen molar-refractivity contribution in [2.75, 3.05) is 18.0 Å². The lowest BCUT2D eigenvalue weighted by atomic mass is 9.95. The van der Waals surface area contributed by atoms with E-state index in [2.05, 4.69) is 4.90 Å². The topological polar surface area (TPSA) is 53.7 Å². The Kier molecular flexibility index (Phi) is 4.08. The molecule has 27 heavy (non-hydrogen) atoms. The third-order valence-electron chi connectivity index (χ3n) is 5.69. The summed E-state index contributed by atoms with van der Waals surface area (Å²) in [6.45, 7) is 1.56. The van der Waals surface area contributed by atoms with Crippen molar-refractivity contribution in [1.82, 2.24) is 14.6 Å². The first kappa shape index (κ1) is 16.7. The minimum absolute atomic E-state index is 0.251. The highest BCUT2D eigenvalue weighted by Crippen LogP contribution is 2.33. The molecule has 3 aromatic rings. The molecule has 1 atom stereocenters. The van der Waals surface area contributed by atoms with Gasteiger partial charge in [-0.25, -0.2) is 9.37 Å². The third-order valence-corrected chi connectivity index (χ3v) is 5.69. The lowest BCUT2D eigenvalue weighted by Gasteiger charge is -2.34. The van der Waals surface area contributed by atoms with Crippen LogP contribution in [-0.4, -0.2) is 38.9 Å². The summed E-state index contributed by atoms with van der Waals surface area (Å²) >= 11 is 0. The van der Waals surface area contributed by atoms with E-state index in [1.54, 1.807) is 12.1 Å². The molecule has 1 aliphatic heterocycles. The van der Waals surface area contributed by atoms with Crippen molar-refractivity contribution in [3.63, 3.8) is 0 Å². The number of aromatic nitrogens is 3. The number of piperidine rings is 1. The molecular formula is C21H23FN4O. The van der Waals surface area contributed by atoms with E-state index >= 15 is 0 Å². The number of aliphatic hydroxyl groups excluding tert-OH is 1. The molecule has 1 aliphatic carbocycles. The number of aryl methyl sites for hydroxylation is 1. The Morgan fingerprint density at radius 2 is 1.89 bits per heavy atom. The van der Waals surface area contributed by atoms with Crippen LogP contribution in [0.25, 0.3) is 16.9 Å². The van der Waals surface area contributed by atoms with Gasteiger partial charge in [0.15, 0.2) is 5.65 Å². The van der Waals surface area contributed by atoms with Crippen LogP contribution in [-0.2, 0) is 12.8 Å². The fourth-order valence-corrected chi connectivity index (χ4v) is 4.36. The number of hydrogen-bond acceptors (Lipinski definition) is 4. The van der Waals surface area contributed by atoms with Crippen LogP contribution in [0.3, 0.4) is 0 Å². The largest absolute Gasteiger partial charge is 0.391 e. The Balaban J connectivity index is 1.68. The van der Waals surface area contributed by atoms with E-state index in [-0.39, 0.29) is 11.9 Å². The molecule has 0 unspecified atom stereocenters. The summed E-state index contributed by atoms with van der Waals surface area (Å²) in [4.78, 5) is 7.16. The molecule has 1 fully saturated rings. The molecule has 0 radical (unpaired) electrons. The summed E-state index contributed by atoms with van der Waals surface area (Å²) in [5.41, 5.74) is 4.93. The van der Waals surface area contributed by atoms with Gasteiger partial charge in [0, 0.05) is 36.0 Å². The van der Waals surface area contributed by atoms with Crippen LogP contribution in [0.1, 0.15) is 36.9 Å². The van der Waals surface area contributed by atoms with Crippen LogP contribution < -0.4 is 4.90 Å². The quantitative estimate of drug-likeness (QED) is 0.756. The molecule has 0 bridgehead atoms. The van der Waals surface area contributed by atoms with E-state index in [0.29, 0.717) is 6.54 Å². The van der Waals surface area contributed by atoms with Crippen molar-refractivity contribution in [3.8, 4) is 11.3 Å². The fourth-order valence-electron chi connectivity index (χ4n) is 4.36. The highest BCUT2D eigenvalue weighted by Gasteiger charge is 2.27. The molecule has 0 saturated carbocycles. The van der Waals surface area contributed by atoms with E-state index in [0.717, 1.165) is 73.5 Å². The van der Waals surface area contributed by atoms with Gasteiger partial charge in [0.25, 0.3) is 0 Å². The zero-order valence-corrected chi connectivity index (χ0v) is 15.2. The van der Waals surface area contributed by atoms with E-state index in [4.69, 9.17) is 10.1 Å². The highest BCUT2D eigenvalue weighted by molar-refractivity contribution is 5.67. The minimum atomic E-state index is -0.298. The molecule has 1 aromatic carbocycles. The van der Waals surface area contributed by atoms with Gasteiger partial charge in [0.1, 0.15) is 11.6 Å². The van der Waals surface area contributed by atoms with E-state index in [9.17, 15) is 9.50 Å². The van der Waals surface area contributed by atoms with Gasteiger partial charge in [0.05, 0.1) is 11.8 Å². The number of benzene rings is 1. The summed E-state index contributed by atoms with van der Waals surface area (Å²) in [6.07, 6.45) is 5.86. The first-order valence-electron chi connectivity index (χ1n) is 9.79. The van der Waals surface area contributed by atoms with Gasteiger partial charge >= 0.3 is 0 Å². The second kappa shape index (κ2) is 6.60. The molecule has 1 N–H and O–H groups in total. The Bertz CT molecular complexity index is 982. The molecular weight excluding hydrogens is 343 g/mol. The van der Waals surface area contributed by atoms with E-state index in [1.165, 1.54) is 17.7 Å². The first-order chi connectivity index (χ1) is 13.2. The van der Waals surface area contributed by atoms with Crippen molar-refractivity contribution < 1.29 is 9.50 Å². The van der Waals surface area contributed by atoms with Crippen LogP contribution in [0.2, 0.25) is 0 Å². The normalized spacial score (nSPS) is 20.1. The summed E-state index contributed by atoms with van der Waals surface area (Å²) in [5.74, 6) is 0.834. The fraction of sp³-hybridized carbons (Fsp3) is 0.429. The molecule has 5 rings (SSSR count). The number of nitrogens with zero attached hydrogens (tertiary/aromatic N) is 4. The van der Waals surface area contributed by atoms with Crippen LogP contribution in [0.15, 0.2) is 30.3 Å². The Hall–Kier alpha value is -2.47. The maximum absolute atomic E-state index is 13.3. The number of halogens is 1. The van der Waals surface area contributed by atoms with Crippen molar-refractivity contribution >= 4 is 11.5 Å². The Labute approximate surface area is 157 Å². The second-order valence-electron chi connectivity index (χ2n) is 7.62. The lowest BCUT2D eigenvalue weighted by molar-refractivity contribution is 0.153. The van der Waals surface area contributed by atoms with Gasteiger partial charge < -0.3 is 10.0 Å². The molecule has 140 valence electrons. The number of β-amino-alcohol motifs (C(OH)–C–C–N with tert-alkyl or cyclic N) is 1. The molecule has 5 nitrogen and oxygen atoms in total. The third kappa shape index (κ3) is 2.98. The SMILES string of the molecule is O[C@@H]1CCCN(c2c3c(nc4cc(-c5ccc(F)cc5)nn24)CCCC3)C1. The monoisotopic (exact) mass is 366 g/mol. The van der Waals surface area contributed by atoms with Crippen molar-refractivity contribution in [1.29, 1.82) is 0 Å². The van der Waals surface area contributed by atoms with Gasteiger partial charge in [-0.1, -0.05) is 0 Å². The second-order valence-corrected chi connectivity index (χ2v) is 7.62. The molecule has 0 amide bonds. The highest BCUT2D eigenvalue weighted by atomic mass is 19.1. The van der Waals surface area contributed by atoms with Crippen molar-refractivity contribution in [3.05, 3.63) is 47.4 Å². The van der Waals surface area contributed by atoms with Gasteiger partial charge in [-0.15, -0.1) is 0 Å². The Morgan fingerprint density at radius 1 is 1.07 bits per heavy atom. The maximum atomic E-state index is 13.3. The first-order valence-corrected chi connectivity index (χ1v) is 9.79. The van der Waals surface area contributed by atoms with Crippen LogP contribution in [0.4, 0.5) is 10.2 Å². The number of rotatable bonds is 2. The van der Waals surface area contributed by atoms with Crippen LogP contribution in [0.5, 0.6) is 0 Å². The number of fused-ring (bicyclic) bond motifs is 2. The van der Waals surface area contributed by atoms with Crippen molar-refractivity contribution in [2.45, 2.75) is 44.6 Å². The van der Waals surface area contributed by atoms with Gasteiger partial charge in [-0.2, -0.15) is 9.61 Å². The summed E-state index contributed by atoms with van der Waals surface area (Å²) in [6, 6.07) is 8.40. The number of hydrogen-bond donors (Lipinski definition) is 1. The Morgan fingerprint density at radius 3 is 2.70 bits per heavy atom. The molecule has 2 aromatic heterocycles. The minimum Gasteiger partial charge on any atom is -0.391 e. The summed E-state index contributed by atoms with van der Waals surface area (Å²) < 4.78 is 15.2. The molecule has 0 spiro atoms. The molecule has 3 heterocycles. The average molecular weight is 366 g/mol. The lowest BCUT2D eigenvalue weighted by Crippen LogP contribution is -2.40. The van der Waals surface area contributed by atoms with Crippen LogP contribution in [0, 0.1) is 5.82 Å². The molecule has 6 heteroatoms. The standard InChI is InChI=1S/C21H23FN4O/c22-15-9-7-14(8-10-15)19-12-20-23-18-6-2-1-5-17(18)21(26(20)24-19)25-11-3-4-16(27)13-25/h7-10,12,16,27H,1-6,11,13H2/t16-/m1/s1.